The van der Waals surface area contributed by atoms with Gasteiger partial charge in [-0.1, -0.05) is 48.7 Å². The number of carboxylic acids is 1. The summed E-state index contributed by atoms with van der Waals surface area (Å²) in [5, 5.41) is 13.0. The van der Waals surface area contributed by atoms with Gasteiger partial charge < -0.3 is 19.7 Å². The van der Waals surface area contributed by atoms with E-state index >= 15 is 0 Å². The Balaban J connectivity index is 1.47. The van der Waals surface area contributed by atoms with Crippen LogP contribution < -0.4 is 10.1 Å². The van der Waals surface area contributed by atoms with Crippen LogP contribution in [0.5, 0.6) is 11.5 Å². The van der Waals surface area contributed by atoms with E-state index in [2.05, 4.69) is 12.2 Å². The molecule has 1 atom stereocenters. The number of aromatic nitrogens is 2. The van der Waals surface area contributed by atoms with Crippen LogP contribution in [-0.2, 0) is 13.0 Å². The number of carbonyl (C=O) groups is 2. The molecule has 2 N–H and O–H groups in total. The van der Waals surface area contributed by atoms with Crippen molar-refractivity contribution in [3.05, 3.63) is 135 Å². The molecule has 7 nitrogen and oxygen atoms in total. The molecule has 0 aliphatic heterocycles. The first kappa shape index (κ1) is 32.7. The largest absolute Gasteiger partial charge is 0.478 e. The molecule has 5 rings (SSSR count). The Kier molecular flexibility index (Phi) is 10.3. The third-order valence-electron chi connectivity index (χ3n) is 7.21. The van der Waals surface area contributed by atoms with Crippen molar-refractivity contribution in [2.75, 3.05) is 0 Å². The highest BCUT2D eigenvalue weighted by Gasteiger charge is 2.24. The third-order valence-corrected chi connectivity index (χ3v) is 7.76. The molecule has 46 heavy (non-hydrogen) atoms. The number of halogens is 4. The normalized spacial score (nSPS) is 11.7. The molecule has 0 bridgehead atoms. The molecule has 1 aromatic heterocycles. The van der Waals surface area contributed by atoms with Gasteiger partial charge in [-0.15, -0.1) is 0 Å². The zero-order valence-electron chi connectivity index (χ0n) is 24.6. The highest BCUT2D eigenvalue weighted by atomic mass is 35.5. The van der Waals surface area contributed by atoms with Gasteiger partial charge in [0.2, 0.25) is 0 Å². The van der Waals surface area contributed by atoms with Crippen molar-refractivity contribution in [3.63, 3.8) is 0 Å². The predicted molar refractivity (Wildman–Crippen MR) is 173 cm³/mol. The number of hydrogen-bond acceptors (Lipinski definition) is 4. The summed E-state index contributed by atoms with van der Waals surface area (Å²) < 4.78 is 35.8. The number of rotatable bonds is 12. The molecule has 5 aromatic rings. The summed E-state index contributed by atoms with van der Waals surface area (Å²) in [5.74, 6) is -1.89. The molecule has 0 saturated heterocycles. The summed E-state index contributed by atoms with van der Waals surface area (Å²) in [7, 11) is 0. The average molecular weight is 665 g/mol. The average Bonchev–Trinajstić information content (AvgIpc) is 3.44. The smallest absolute Gasteiger partial charge is 0.335 e. The number of carboxylic acid groups (broad SMARTS) is 1. The molecule has 0 fully saturated rings. The first-order chi connectivity index (χ1) is 22.1. The standard InChI is InChI=1S/C35H29Cl2F2N3O4/c1-2-3-14-42-20-32(29-13-8-24(36)18-30(29)37)40-33(42)31(41-34(43)23-16-25(38)19-26(39)17-23)15-21-4-9-27(10-5-21)46-28-11-6-22(7-12-28)35(44)45/h4-13,16-20,31H,2-3,14-15H2,1H3,(H,41,43)(H,44,45)/t31-/m0/s1. The predicted octanol–water partition coefficient (Wildman–Crippen LogP) is 9.14. The van der Waals surface area contributed by atoms with E-state index in [0.717, 1.165) is 30.5 Å². The molecule has 236 valence electrons. The second kappa shape index (κ2) is 14.6. The van der Waals surface area contributed by atoms with Gasteiger partial charge >= 0.3 is 5.97 Å². The lowest BCUT2D eigenvalue weighted by atomic mass is 10.0. The SMILES string of the molecule is CCCCn1cc(-c2ccc(Cl)cc2Cl)nc1[C@H](Cc1ccc(Oc2ccc(C(=O)O)cc2)cc1)NC(=O)c1cc(F)cc(F)c1. The fourth-order valence-corrected chi connectivity index (χ4v) is 5.41. The van der Waals surface area contributed by atoms with Gasteiger partial charge in [-0.05, 0) is 85.1 Å². The molecule has 1 heterocycles. The Morgan fingerprint density at radius 2 is 1.57 bits per heavy atom. The summed E-state index contributed by atoms with van der Waals surface area (Å²) in [6.07, 6.45) is 3.91. The van der Waals surface area contributed by atoms with Gasteiger partial charge in [0.1, 0.15) is 29.0 Å². The van der Waals surface area contributed by atoms with Gasteiger partial charge in [0.25, 0.3) is 5.91 Å². The summed E-state index contributed by atoms with van der Waals surface area (Å²) in [5.41, 5.74) is 2.06. The summed E-state index contributed by atoms with van der Waals surface area (Å²) in [6, 6.07) is 20.3. The van der Waals surface area contributed by atoms with E-state index in [-0.39, 0.29) is 17.5 Å². The molecule has 11 heteroatoms. The first-order valence-electron chi connectivity index (χ1n) is 14.5. The molecule has 0 aliphatic rings. The highest BCUT2D eigenvalue weighted by Crippen LogP contribution is 2.32. The molecule has 0 unspecified atom stereocenters. The molecule has 0 spiro atoms. The number of nitrogens with one attached hydrogen (secondary N) is 1. The lowest BCUT2D eigenvalue weighted by Crippen LogP contribution is -2.32. The Morgan fingerprint density at radius 3 is 2.17 bits per heavy atom. The number of imidazole rings is 1. The Bertz CT molecular complexity index is 1840. The van der Waals surface area contributed by atoms with E-state index in [1.165, 1.54) is 12.1 Å². The van der Waals surface area contributed by atoms with Gasteiger partial charge in [-0.3, -0.25) is 4.79 Å². The van der Waals surface area contributed by atoms with Crippen LogP contribution in [0.4, 0.5) is 8.78 Å². The van der Waals surface area contributed by atoms with Gasteiger partial charge in [0.05, 0.1) is 22.3 Å². The maximum atomic E-state index is 14.0. The van der Waals surface area contributed by atoms with Crippen LogP contribution >= 0.6 is 23.2 Å². The van der Waals surface area contributed by atoms with E-state index in [0.29, 0.717) is 51.2 Å². The molecular formula is C35H29Cl2F2N3O4. The molecule has 4 aromatic carbocycles. The second-order valence-electron chi connectivity index (χ2n) is 10.6. The van der Waals surface area contributed by atoms with Gasteiger partial charge in [0, 0.05) is 35.0 Å². The van der Waals surface area contributed by atoms with Crippen LogP contribution in [0.2, 0.25) is 10.0 Å². The Hall–Kier alpha value is -4.73. The minimum Gasteiger partial charge on any atom is -0.478 e. The minimum atomic E-state index is -1.03. The van der Waals surface area contributed by atoms with Crippen LogP contribution in [0.25, 0.3) is 11.3 Å². The van der Waals surface area contributed by atoms with E-state index in [1.807, 2.05) is 22.9 Å². The lowest BCUT2D eigenvalue weighted by Gasteiger charge is -2.20. The summed E-state index contributed by atoms with van der Waals surface area (Å²) in [6.45, 7) is 2.67. The fourth-order valence-electron chi connectivity index (χ4n) is 4.91. The number of benzene rings is 4. The summed E-state index contributed by atoms with van der Waals surface area (Å²) in [4.78, 5) is 29.4. The van der Waals surface area contributed by atoms with Gasteiger partial charge in [-0.25, -0.2) is 18.6 Å². The molecule has 0 saturated carbocycles. The quantitative estimate of drug-likeness (QED) is 0.139. The van der Waals surface area contributed by atoms with Crippen molar-refractivity contribution in [1.29, 1.82) is 0 Å². The van der Waals surface area contributed by atoms with Crippen LogP contribution in [0, 0.1) is 11.6 Å². The first-order valence-corrected chi connectivity index (χ1v) is 15.2. The van der Waals surface area contributed by atoms with Crippen molar-refractivity contribution in [1.82, 2.24) is 14.9 Å². The van der Waals surface area contributed by atoms with Crippen LogP contribution in [0.1, 0.15) is 57.9 Å². The lowest BCUT2D eigenvalue weighted by molar-refractivity contribution is 0.0696. The number of ether oxygens (including phenoxy) is 1. The van der Waals surface area contributed by atoms with Crippen LogP contribution in [-0.4, -0.2) is 26.5 Å². The number of unbranched alkanes of at least 4 members (excludes halogenated alkanes) is 1. The van der Waals surface area contributed by atoms with E-state index in [4.69, 9.17) is 38.0 Å². The van der Waals surface area contributed by atoms with E-state index in [9.17, 15) is 18.4 Å². The van der Waals surface area contributed by atoms with Gasteiger partial charge in [-0.2, -0.15) is 0 Å². The number of hydrogen-bond donors (Lipinski definition) is 2. The Labute approximate surface area is 274 Å². The van der Waals surface area contributed by atoms with Crippen molar-refractivity contribution in [2.24, 2.45) is 0 Å². The Morgan fingerprint density at radius 1 is 0.913 bits per heavy atom. The van der Waals surface area contributed by atoms with Crippen molar-refractivity contribution in [3.8, 4) is 22.8 Å². The van der Waals surface area contributed by atoms with Crippen molar-refractivity contribution >= 4 is 35.1 Å². The summed E-state index contributed by atoms with van der Waals surface area (Å²) >= 11 is 12.6. The minimum absolute atomic E-state index is 0.149. The zero-order chi connectivity index (χ0) is 32.8. The van der Waals surface area contributed by atoms with Crippen molar-refractivity contribution < 1.29 is 28.2 Å². The number of aromatic carboxylic acids is 1. The number of carbonyl (C=O) groups excluding carboxylic acids is 1. The van der Waals surface area contributed by atoms with E-state index < -0.39 is 29.6 Å². The van der Waals surface area contributed by atoms with Crippen LogP contribution in [0.15, 0.2) is 91.1 Å². The van der Waals surface area contributed by atoms with Crippen molar-refractivity contribution in [2.45, 2.75) is 38.8 Å². The van der Waals surface area contributed by atoms with Gasteiger partial charge in [0.15, 0.2) is 0 Å². The number of aryl methyl sites for hydroxylation is 1. The maximum Gasteiger partial charge on any atom is 0.335 e. The number of amides is 1. The topological polar surface area (TPSA) is 93.5 Å². The monoisotopic (exact) mass is 663 g/mol. The molecule has 0 aliphatic carbocycles. The van der Waals surface area contributed by atoms with E-state index in [1.54, 1.807) is 42.5 Å². The second-order valence-corrected chi connectivity index (χ2v) is 11.5. The third kappa shape index (κ3) is 8.10. The molecule has 0 radical (unpaired) electrons. The molecule has 1 amide bonds. The highest BCUT2D eigenvalue weighted by molar-refractivity contribution is 6.36. The molecular weight excluding hydrogens is 635 g/mol. The van der Waals surface area contributed by atoms with Crippen LogP contribution in [0.3, 0.4) is 0 Å². The zero-order valence-corrected chi connectivity index (χ0v) is 26.2. The number of nitrogens with zero attached hydrogens (tertiary/aromatic N) is 2. The maximum absolute atomic E-state index is 14.0. The fraction of sp³-hybridized carbons (Fsp3) is 0.171.